The van der Waals surface area contributed by atoms with Crippen LogP contribution in [0.3, 0.4) is 0 Å². The van der Waals surface area contributed by atoms with E-state index in [0.29, 0.717) is 0 Å². The van der Waals surface area contributed by atoms with Crippen LogP contribution >= 0.6 is 15.9 Å². The maximum absolute atomic E-state index is 4.04. The highest BCUT2D eigenvalue weighted by Crippen LogP contribution is 2.30. The van der Waals surface area contributed by atoms with E-state index in [2.05, 4.69) is 50.0 Å². The Morgan fingerprint density at radius 2 is 1.61 bits per heavy atom. The second-order valence-corrected chi connectivity index (χ2v) is 4.85. The van der Waals surface area contributed by atoms with E-state index >= 15 is 0 Å². The van der Waals surface area contributed by atoms with Crippen LogP contribution in [0.2, 0.25) is 0 Å². The summed E-state index contributed by atoms with van der Waals surface area (Å²) in [4.78, 5) is 4.04. The predicted molar refractivity (Wildman–Crippen MR) is 76.7 cm³/mol. The third-order valence-corrected chi connectivity index (χ3v) is 3.46. The van der Waals surface area contributed by atoms with Gasteiger partial charge in [0.1, 0.15) is 0 Å². The fourth-order valence-corrected chi connectivity index (χ4v) is 2.47. The fraction of sp³-hybridized carbons (Fsp3) is 0. The van der Waals surface area contributed by atoms with Gasteiger partial charge in [0.2, 0.25) is 0 Å². The number of nitrogens with zero attached hydrogens (tertiary/aromatic N) is 2. The average Bonchev–Trinajstić information content (AvgIpc) is 2.83. The minimum atomic E-state index is 1.08. The molecule has 0 amide bonds. The Hall–Kier alpha value is -1.87. The predicted octanol–water partition coefficient (Wildman–Crippen LogP) is 4.30. The van der Waals surface area contributed by atoms with Crippen LogP contribution in [-0.4, -0.2) is 9.55 Å². The molecule has 0 bridgehead atoms. The van der Waals surface area contributed by atoms with Crippen molar-refractivity contribution < 1.29 is 0 Å². The Balaban J connectivity index is 2.07. The highest BCUT2D eigenvalue weighted by atomic mass is 79.9. The van der Waals surface area contributed by atoms with Gasteiger partial charge in [0.15, 0.2) is 0 Å². The van der Waals surface area contributed by atoms with Gasteiger partial charge in [-0.05, 0) is 45.8 Å². The van der Waals surface area contributed by atoms with Crippen molar-refractivity contribution in [2.45, 2.75) is 0 Å². The summed E-state index contributed by atoms with van der Waals surface area (Å²) >= 11 is 3.61. The highest BCUT2D eigenvalue weighted by molar-refractivity contribution is 9.10. The molecule has 0 saturated heterocycles. The minimum absolute atomic E-state index is 1.08. The monoisotopic (exact) mass is 298 g/mol. The quantitative estimate of drug-likeness (QED) is 0.690. The molecule has 0 N–H and O–H groups in total. The average molecular weight is 299 g/mol. The summed E-state index contributed by atoms with van der Waals surface area (Å²) in [6.07, 6.45) is 7.81. The zero-order valence-electron chi connectivity index (χ0n) is 9.62. The van der Waals surface area contributed by atoms with Gasteiger partial charge in [-0.1, -0.05) is 18.2 Å². The van der Waals surface area contributed by atoms with Crippen molar-refractivity contribution in [3.8, 4) is 16.8 Å². The van der Waals surface area contributed by atoms with Crippen molar-refractivity contribution in [2.75, 3.05) is 0 Å². The van der Waals surface area contributed by atoms with Crippen LogP contribution in [0.1, 0.15) is 0 Å². The number of halogens is 1. The SMILES string of the molecule is Brc1cn(-c2ccccc2)cc1-c1ccncc1. The lowest BCUT2D eigenvalue weighted by Crippen LogP contribution is -1.87. The van der Waals surface area contributed by atoms with Gasteiger partial charge in [-0.25, -0.2) is 0 Å². The molecule has 3 rings (SSSR count). The summed E-state index contributed by atoms with van der Waals surface area (Å²) in [7, 11) is 0. The third-order valence-electron chi connectivity index (χ3n) is 2.82. The van der Waals surface area contributed by atoms with E-state index in [9.17, 15) is 0 Å². The molecular weight excluding hydrogens is 288 g/mol. The van der Waals surface area contributed by atoms with Gasteiger partial charge in [0, 0.05) is 40.5 Å². The number of para-hydroxylation sites is 1. The van der Waals surface area contributed by atoms with Crippen molar-refractivity contribution in [3.63, 3.8) is 0 Å². The minimum Gasteiger partial charge on any atom is -0.322 e. The molecule has 2 heterocycles. The molecule has 0 saturated carbocycles. The first-order valence-corrected chi connectivity index (χ1v) is 6.47. The van der Waals surface area contributed by atoms with Gasteiger partial charge in [0.05, 0.1) is 0 Å². The second-order valence-electron chi connectivity index (χ2n) is 4.00. The summed E-state index contributed by atoms with van der Waals surface area (Å²) in [5, 5.41) is 0. The molecule has 2 nitrogen and oxygen atoms in total. The van der Waals surface area contributed by atoms with Crippen LogP contribution in [0.4, 0.5) is 0 Å². The lowest BCUT2D eigenvalue weighted by atomic mass is 10.1. The summed E-state index contributed by atoms with van der Waals surface area (Å²) in [5.74, 6) is 0. The van der Waals surface area contributed by atoms with Crippen LogP contribution in [-0.2, 0) is 0 Å². The largest absolute Gasteiger partial charge is 0.322 e. The number of hydrogen-bond acceptors (Lipinski definition) is 1. The molecule has 0 unspecified atom stereocenters. The topological polar surface area (TPSA) is 17.8 Å². The van der Waals surface area contributed by atoms with E-state index in [0.717, 1.165) is 15.7 Å². The van der Waals surface area contributed by atoms with Crippen molar-refractivity contribution in [1.29, 1.82) is 0 Å². The smallest absolute Gasteiger partial charge is 0.0450 e. The Morgan fingerprint density at radius 3 is 2.33 bits per heavy atom. The maximum atomic E-state index is 4.04. The molecule has 0 atom stereocenters. The molecule has 0 radical (unpaired) electrons. The Labute approximate surface area is 114 Å². The van der Waals surface area contributed by atoms with Crippen molar-refractivity contribution in [2.24, 2.45) is 0 Å². The first-order chi connectivity index (χ1) is 8.84. The first-order valence-electron chi connectivity index (χ1n) is 5.68. The third kappa shape index (κ3) is 2.09. The van der Waals surface area contributed by atoms with Gasteiger partial charge >= 0.3 is 0 Å². The molecule has 0 aliphatic heterocycles. The Bertz CT molecular complexity index is 645. The van der Waals surface area contributed by atoms with Crippen LogP contribution in [0.25, 0.3) is 16.8 Å². The molecule has 18 heavy (non-hydrogen) atoms. The van der Waals surface area contributed by atoms with Crippen LogP contribution < -0.4 is 0 Å². The summed E-state index contributed by atoms with van der Waals surface area (Å²) in [5.41, 5.74) is 3.48. The van der Waals surface area contributed by atoms with Gasteiger partial charge in [-0.2, -0.15) is 0 Å². The van der Waals surface area contributed by atoms with E-state index in [1.54, 1.807) is 0 Å². The van der Waals surface area contributed by atoms with Gasteiger partial charge in [-0.15, -0.1) is 0 Å². The molecule has 1 aromatic carbocycles. The van der Waals surface area contributed by atoms with Crippen LogP contribution in [0, 0.1) is 0 Å². The lowest BCUT2D eigenvalue weighted by Gasteiger charge is -2.01. The number of rotatable bonds is 2. The number of pyridine rings is 1. The highest BCUT2D eigenvalue weighted by Gasteiger charge is 2.07. The number of aromatic nitrogens is 2. The molecule has 0 aliphatic carbocycles. The van der Waals surface area contributed by atoms with E-state index < -0.39 is 0 Å². The van der Waals surface area contributed by atoms with Crippen molar-refractivity contribution in [1.82, 2.24) is 9.55 Å². The molecule has 88 valence electrons. The lowest BCUT2D eigenvalue weighted by molar-refractivity contribution is 1.08. The van der Waals surface area contributed by atoms with Gasteiger partial charge in [-0.3, -0.25) is 4.98 Å². The maximum Gasteiger partial charge on any atom is 0.0450 e. The first kappa shape index (κ1) is 11.2. The Kier molecular flexibility index (Phi) is 2.99. The van der Waals surface area contributed by atoms with Crippen LogP contribution in [0.5, 0.6) is 0 Å². The zero-order valence-corrected chi connectivity index (χ0v) is 11.2. The van der Waals surface area contributed by atoms with Gasteiger partial charge < -0.3 is 4.57 Å². The van der Waals surface area contributed by atoms with E-state index in [1.165, 1.54) is 5.56 Å². The van der Waals surface area contributed by atoms with E-state index in [4.69, 9.17) is 0 Å². The normalized spacial score (nSPS) is 10.5. The molecule has 0 aliphatic rings. The zero-order chi connectivity index (χ0) is 12.4. The molecule has 2 aromatic heterocycles. The number of hydrogen-bond donors (Lipinski definition) is 0. The molecule has 3 heteroatoms. The van der Waals surface area contributed by atoms with Crippen molar-refractivity contribution >= 4 is 15.9 Å². The second kappa shape index (κ2) is 4.78. The van der Waals surface area contributed by atoms with Gasteiger partial charge in [0.25, 0.3) is 0 Å². The summed E-state index contributed by atoms with van der Waals surface area (Å²) in [6.45, 7) is 0. The molecule has 0 spiro atoms. The summed E-state index contributed by atoms with van der Waals surface area (Å²) < 4.78 is 3.19. The van der Waals surface area contributed by atoms with Crippen molar-refractivity contribution in [3.05, 3.63) is 71.7 Å². The van der Waals surface area contributed by atoms with E-state index in [-0.39, 0.29) is 0 Å². The molecular formula is C15H11BrN2. The molecule has 0 fully saturated rings. The number of benzene rings is 1. The fourth-order valence-electron chi connectivity index (χ4n) is 1.92. The molecule has 3 aromatic rings. The Morgan fingerprint density at radius 1 is 0.889 bits per heavy atom. The van der Waals surface area contributed by atoms with E-state index in [1.807, 2.05) is 42.7 Å². The van der Waals surface area contributed by atoms with Crippen LogP contribution in [0.15, 0.2) is 71.7 Å². The summed E-state index contributed by atoms with van der Waals surface area (Å²) in [6, 6.07) is 14.3. The standard InChI is InChI=1S/C15H11BrN2/c16-15-11-18(13-4-2-1-3-5-13)10-14(15)12-6-8-17-9-7-12/h1-11H.